The summed E-state index contributed by atoms with van der Waals surface area (Å²) in [5.41, 5.74) is 2.03. The molecule has 0 aliphatic carbocycles. The van der Waals surface area contributed by atoms with E-state index in [2.05, 4.69) is 10.5 Å². The van der Waals surface area contributed by atoms with E-state index in [1.54, 1.807) is 18.3 Å². The Morgan fingerprint density at radius 3 is 2.82 bits per heavy atom. The van der Waals surface area contributed by atoms with Crippen molar-refractivity contribution in [3.05, 3.63) is 36.2 Å². The average molecular weight is 230 g/mol. The molecule has 2 heterocycles. The van der Waals surface area contributed by atoms with Crippen LogP contribution in [0.5, 0.6) is 5.75 Å². The molecule has 1 aromatic heterocycles. The van der Waals surface area contributed by atoms with E-state index in [-0.39, 0.29) is 11.8 Å². The molecule has 1 fully saturated rings. The van der Waals surface area contributed by atoms with Gasteiger partial charge in [-0.15, -0.1) is 0 Å². The fourth-order valence-corrected chi connectivity index (χ4v) is 2.27. The minimum absolute atomic E-state index is 0.265. The first-order chi connectivity index (χ1) is 8.34. The third-order valence-corrected chi connectivity index (χ3v) is 3.15. The molecule has 1 aliphatic heterocycles. The Labute approximate surface area is 99.3 Å². The molecule has 2 N–H and O–H groups in total. The zero-order valence-electron chi connectivity index (χ0n) is 9.39. The number of rotatable bonds is 2. The second-order valence-electron chi connectivity index (χ2n) is 4.30. The number of nitrogens with one attached hydrogen (secondary N) is 1. The molecule has 1 saturated heterocycles. The van der Waals surface area contributed by atoms with Crippen molar-refractivity contribution in [1.29, 1.82) is 0 Å². The highest BCUT2D eigenvalue weighted by molar-refractivity contribution is 5.65. The SMILES string of the molecule is Oc1ccc(-c2cnoc2C2CCCN2)cc1. The first-order valence-corrected chi connectivity index (χ1v) is 5.82. The summed E-state index contributed by atoms with van der Waals surface area (Å²) in [7, 11) is 0. The zero-order chi connectivity index (χ0) is 11.7. The van der Waals surface area contributed by atoms with Crippen molar-refractivity contribution in [2.75, 3.05) is 6.54 Å². The largest absolute Gasteiger partial charge is 0.508 e. The summed E-state index contributed by atoms with van der Waals surface area (Å²) in [5.74, 6) is 1.17. The Morgan fingerprint density at radius 2 is 2.12 bits per heavy atom. The summed E-state index contributed by atoms with van der Waals surface area (Å²) in [6.45, 7) is 1.03. The van der Waals surface area contributed by atoms with Gasteiger partial charge >= 0.3 is 0 Å². The van der Waals surface area contributed by atoms with Gasteiger partial charge in [0.25, 0.3) is 0 Å². The van der Waals surface area contributed by atoms with Crippen LogP contribution in [0.3, 0.4) is 0 Å². The monoisotopic (exact) mass is 230 g/mol. The van der Waals surface area contributed by atoms with Crippen LogP contribution in [0.4, 0.5) is 0 Å². The zero-order valence-corrected chi connectivity index (χ0v) is 9.39. The summed E-state index contributed by atoms with van der Waals surface area (Å²) < 4.78 is 5.36. The van der Waals surface area contributed by atoms with Crippen LogP contribution in [0.2, 0.25) is 0 Å². The van der Waals surface area contributed by atoms with Crippen LogP contribution in [0.25, 0.3) is 11.1 Å². The second kappa shape index (κ2) is 4.22. The molecular weight excluding hydrogens is 216 g/mol. The molecular formula is C13H14N2O2. The van der Waals surface area contributed by atoms with Crippen LogP contribution in [0.1, 0.15) is 24.6 Å². The predicted molar refractivity (Wildman–Crippen MR) is 63.6 cm³/mol. The highest BCUT2D eigenvalue weighted by Crippen LogP contribution is 2.32. The Hall–Kier alpha value is -1.81. The first-order valence-electron chi connectivity index (χ1n) is 5.82. The molecule has 3 rings (SSSR count). The third-order valence-electron chi connectivity index (χ3n) is 3.15. The molecule has 0 bridgehead atoms. The number of phenols is 1. The van der Waals surface area contributed by atoms with Crippen LogP contribution < -0.4 is 5.32 Å². The Bertz CT molecular complexity index is 498. The number of benzene rings is 1. The summed E-state index contributed by atoms with van der Waals surface area (Å²) in [4.78, 5) is 0. The minimum atomic E-state index is 0.265. The van der Waals surface area contributed by atoms with Gasteiger partial charge in [-0.05, 0) is 37.1 Å². The van der Waals surface area contributed by atoms with E-state index in [1.165, 1.54) is 6.42 Å². The van der Waals surface area contributed by atoms with E-state index in [0.717, 1.165) is 29.9 Å². The predicted octanol–water partition coefficient (Wildman–Crippen LogP) is 2.47. The minimum Gasteiger partial charge on any atom is -0.508 e. The van der Waals surface area contributed by atoms with Crippen LogP contribution in [-0.2, 0) is 0 Å². The molecule has 0 amide bonds. The van der Waals surface area contributed by atoms with E-state index in [9.17, 15) is 5.11 Å². The molecule has 88 valence electrons. The van der Waals surface area contributed by atoms with Crippen molar-refractivity contribution < 1.29 is 9.63 Å². The third kappa shape index (κ3) is 1.91. The lowest BCUT2D eigenvalue weighted by atomic mass is 10.0. The average Bonchev–Trinajstić information content (AvgIpc) is 3.00. The van der Waals surface area contributed by atoms with E-state index in [1.807, 2.05) is 12.1 Å². The summed E-state index contributed by atoms with van der Waals surface area (Å²) in [5, 5.41) is 16.6. The molecule has 1 unspecified atom stereocenters. The molecule has 0 saturated carbocycles. The molecule has 0 radical (unpaired) electrons. The van der Waals surface area contributed by atoms with Gasteiger partial charge in [-0.2, -0.15) is 0 Å². The number of hydrogen-bond acceptors (Lipinski definition) is 4. The standard InChI is InChI=1S/C13H14N2O2/c16-10-5-3-9(4-6-10)11-8-15-17-13(11)12-2-1-7-14-12/h3-6,8,12,14,16H,1-2,7H2. The van der Waals surface area contributed by atoms with Gasteiger partial charge in [-0.3, -0.25) is 0 Å². The lowest BCUT2D eigenvalue weighted by Crippen LogP contribution is -2.12. The van der Waals surface area contributed by atoms with Crippen molar-refractivity contribution in [2.24, 2.45) is 0 Å². The smallest absolute Gasteiger partial charge is 0.161 e. The maximum Gasteiger partial charge on any atom is 0.161 e. The number of hydrogen-bond donors (Lipinski definition) is 2. The van der Waals surface area contributed by atoms with E-state index in [0.29, 0.717) is 0 Å². The maximum absolute atomic E-state index is 9.28. The molecule has 1 aliphatic rings. The van der Waals surface area contributed by atoms with Gasteiger partial charge in [-0.25, -0.2) is 0 Å². The van der Waals surface area contributed by atoms with Crippen molar-refractivity contribution >= 4 is 0 Å². The van der Waals surface area contributed by atoms with E-state index >= 15 is 0 Å². The van der Waals surface area contributed by atoms with Gasteiger partial charge in [0.1, 0.15) is 5.75 Å². The molecule has 2 aromatic rings. The van der Waals surface area contributed by atoms with E-state index < -0.39 is 0 Å². The number of aromatic hydroxyl groups is 1. The summed E-state index contributed by atoms with van der Waals surface area (Å²) in [6, 6.07) is 7.37. The maximum atomic E-state index is 9.28. The highest BCUT2D eigenvalue weighted by atomic mass is 16.5. The quantitative estimate of drug-likeness (QED) is 0.832. The number of nitrogens with zero attached hydrogens (tertiary/aromatic N) is 1. The van der Waals surface area contributed by atoms with Crippen molar-refractivity contribution in [2.45, 2.75) is 18.9 Å². The Balaban J connectivity index is 1.97. The summed E-state index contributed by atoms with van der Waals surface area (Å²) >= 11 is 0. The molecule has 4 nitrogen and oxygen atoms in total. The van der Waals surface area contributed by atoms with Crippen molar-refractivity contribution in [3.63, 3.8) is 0 Å². The lowest BCUT2D eigenvalue weighted by Gasteiger charge is -2.08. The van der Waals surface area contributed by atoms with Crippen LogP contribution in [0.15, 0.2) is 35.0 Å². The highest BCUT2D eigenvalue weighted by Gasteiger charge is 2.23. The van der Waals surface area contributed by atoms with Gasteiger partial charge in [0, 0.05) is 5.56 Å². The fourth-order valence-electron chi connectivity index (χ4n) is 2.27. The van der Waals surface area contributed by atoms with Gasteiger partial charge in [0.2, 0.25) is 0 Å². The van der Waals surface area contributed by atoms with Gasteiger partial charge in [0.05, 0.1) is 12.2 Å². The van der Waals surface area contributed by atoms with Gasteiger partial charge < -0.3 is 14.9 Å². The van der Waals surface area contributed by atoms with Crippen LogP contribution in [-0.4, -0.2) is 16.8 Å². The first kappa shape index (κ1) is 10.4. The molecule has 0 spiro atoms. The Kier molecular flexibility index (Phi) is 2.57. The van der Waals surface area contributed by atoms with Crippen molar-refractivity contribution in [3.8, 4) is 16.9 Å². The molecule has 4 heteroatoms. The lowest BCUT2D eigenvalue weighted by molar-refractivity contribution is 0.352. The van der Waals surface area contributed by atoms with Gasteiger partial charge in [0.15, 0.2) is 5.76 Å². The Morgan fingerprint density at radius 1 is 1.29 bits per heavy atom. The molecule has 1 atom stereocenters. The topological polar surface area (TPSA) is 58.3 Å². The normalized spacial score (nSPS) is 19.6. The number of phenolic OH excluding ortho intramolecular Hbond substituents is 1. The van der Waals surface area contributed by atoms with E-state index in [4.69, 9.17) is 4.52 Å². The summed E-state index contributed by atoms with van der Waals surface area (Å²) in [6.07, 6.45) is 3.99. The fraction of sp³-hybridized carbons (Fsp3) is 0.308. The number of aromatic nitrogens is 1. The van der Waals surface area contributed by atoms with Crippen LogP contribution >= 0.6 is 0 Å². The van der Waals surface area contributed by atoms with Gasteiger partial charge in [-0.1, -0.05) is 17.3 Å². The second-order valence-corrected chi connectivity index (χ2v) is 4.30. The van der Waals surface area contributed by atoms with Crippen LogP contribution in [0, 0.1) is 0 Å². The molecule has 1 aromatic carbocycles. The van der Waals surface area contributed by atoms with Crippen molar-refractivity contribution in [1.82, 2.24) is 10.5 Å². The molecule has 17 heavy (non-hydrogen) atoms.